The van der Waals surface area contributed by atoms with Gasteiger partial charge < -0.3 is 19.9 Å². The first-order valence-electron chi connectivity index (χ1n) is 6.99. The molecule has 0 aromatic carbocycles. The SMILES string of the molecule is COCCCOCCOC1CC(C)(C)CCC1N. The number of methoxy groups -OCH3 is 1. The monoisotopic (exact) mass is 259 g/mol. The second kappa shape index (κ2) is 8.10. The van der Waals surface area contributed by atoms with Crippen LogP contribution >= 0.6 is 0 Å². The Labute approximate surface area is 111 Å². The van der Waals surface area contributed by atoms with Gasteiger partial charge >= 0.3 is 0 Å². The quantitative estimate of drug-likeness (QED) is 0.677. The van der Waals surface area contributed by atoms with E-state index in [4.69, 9.17) is 19.9 Å². The van der Waals surface area contributed by atoms with Gasteiger partial charge in [0.15, 0.2) is 0 Å². The molecule has 0 aromatic heterocycles. The van der Waals surface area contributed by atoms with Gasteiger partial charge in [-0.05, 0) is 31.1 Å². The van der Waals surface area contributed by atoms with Crippen LogP contribution in [0.2, 0.25) is 0 Å². The Kier molecular flexibility index (Phi) is 7.15. The van der Waals surface area contributed by atoms with Gasteiger partial charge in [0.05, 0.1) is 19.3 Å². The zero-order valence-electron chi connectivity index (χ0n) is 12.1. The molecule has 108 valence electrons. The molecule has 0 amide bonds. The molecular weight excluding hydrogens is 230 g/mol. The minimum absolute atomic E-state index is 0.187. The maximum Gasteiger partial charge on any atom is 0.0732 e. The molecule has 18 heavy (non-hydrogen) atoms. The van der Waals surface area contributed by atoms with Crippen LogP contribution in [0.1, 0.15) is 39.5 Å². The number of hydrogen-bond donors (Lipinski definition) is 1. The van der Waals surface area contributed by atoms with Crippen molar-refractivity contribution in [3.05, 3.63) is 0 Å². The van der Waals surface area contributed by atoms with E-state index in [0.29, 0.717) is 18.6 Å². The van der Waals surface area contributed by atoms with Crippen LogP contribution in [-0.2, 0) is 14.2 Å². The number of hydrogen-bond acceptors (Lipinski definition) is 4. The molecule has 1 aliphatic carbocycles. The van der Waals surface area contributed by atoms with Crippen molar-refractivity contribution in [1.82, 2.24) is 0 Å². The molecule has 0 heterocycles. The van der Waals surface area contributed by atoms with Crippen LogP contribution in [0.25, 0.3) is 0 Å². The Balaban J connectivity index is 2.07. The third kappa shape index (κ3) is 6.14. The first kappa shape index (κ1) is 15.9. The lowest BCUT2D eigenvalue weighted by Gasteiger charge is -2.38. The molecular formula is C14H29NO3. The van der Waals surface area contributed by atoms with Crippen LogP contribution in [0.5, 0.6) is 0 Å². The zero-order chi connectivity index (χ0) is 13.4. The van der Waals surface area contributed by atoms with E-state index < -0.39 is 0 Å². The van der Waals surface area contributed by atoms with Crippen LogP contribution in [0, 0.1) is 5.41 Å². The highest BCUT2D eigenvalue weighted by molar-refractivity contribution is 4.87. The summed E-state index contributed by atoms with van der Waals surface area (Å²) in [4.78, 5) is 0. The van der Waals surface area contributed by atoms with Crippen molar-refractivity contribution in [2.24, 2.45) is 11.1 Å². The molecule has 2 unspecified atom stereocenters. The summed E-state index contributed by atoms with van der Waals surface area (Å²) in [5, 5.41) is 0. The Morgan fingerprint density at radius 1 is 1.17 bits per heavy atom. The molecule has 1 fully saturated rings. The predicted molar refractivity (Wildman–Crippen MR) is 72.7 cm³/mol. The van der Waals surface area contributed by atoms with Crippen molar-refractivity contribution in [2.75, 3.05) is 33.5 Å². The summed E-state index contributed by atoms with van der Waals surface area (Å²) in [6.07, 6.45) is 4.44. The number of ether oxygens (including phenoxy) is 3. The predicted octanol–water partition coefficient (Wildman–Crippen LogP) is 1.96. The van der Waals surface area contributed by atoms with Crippen LogP contribution in [0.15, 0.2) is 0 Å². The summed E-state index contributed by atoms with van der Waals surface area (Å²) < 4.78 is 16.3. The normalized spacial score (nSPS) is 27.3. The minimum Gasteiger partial charge on any atom is -0.385 e. The van der Waals surface area contributed by atoms with Crippen molar-refractivity contribution in [2.45, 2.75) is 51.7 Å². The maximum absolute atomic E-state index is 6.10. The summed E-state index contributed by atoms with van der Waals surface area (Å²) in [6.45, 7) is 7.35. The number of nitrogens with two attached hydrogens (primary N) is 1. The lowest BCUT2D eigenvalue weighted by Crippen LogP contribution is -2.45. The molecule has 0 spiro atoms. The fraction of sp³-hybridized carbons (Fsp3) is 1.00. The van der Waals surface area contributed by atoms with Gasteiger partial charge in [0.2, 0.25) is 0 Å². The highest BCUT2D eigenvalue weighted by Gasteiger charge is 2.33. The summed E-state index contributed by atoms with van der Waals surface area (Å²) >= 11 is 0. The van der Waals surface area contributed by atoms with Gasteiger partial charge in [-0.25, -0.2) is 0 Å². The van der Waals surface area contributed by atoms with E-state index in [1.54, 1.807) is 7.11 Å². The molecule has 0 bridgehead atoms. The summed E-state index contributed by atoms with van der Waals surface area (Å²) in [7, 11) is 1.70. The fourth-order valence-electron chi connectivity index (χ4n) is 2.39. The van der Waals surface area contributed by atoms with Crippen LogP contribution in [-0.4, -0.2) is 45.7 Å². The van der Waals surface area contributed by atoms with Gasteiger partial charge in [0.1, 0.15) is 0 Å². The Morgan fingerprint density at radius 3 is 2.67 bits per heavy atom. The van der Waals surface area contributed by atoms with Crippen LogP contribution in [0.4, 0.5) is 0 Å². The van der Waals surface area contributed by atoms with E-state index in [0.717, 1.165) is 32.5 Å². The Bertz CT molecular complexity index is 221. The first-order valence-corrected chi connectivity index (χ1v) is 6.99. The van der Waals surface area contributed by atoms with Gasteiger partial charge in [-0.2, -0.15) is 0 Å². The molecule has 4 heteroatoms. The van der Waals surface area contributed by atoms with Gasteiger partial charge in [0.25, 0.3) is 0 Å². The second-order valence-corrected chi connectivity index (χ2v) is 5.94. The maximum atomic E-state index is 6.10. The Hall–Kier alpha value is -0.160. The minimum atomic E-state index is 0.187. The van der Waals surface area contributed by atoms with Gasteiger partial charge in [0, 0.05) is 26.4 Å². The highest BCUT2D eigenvalue weighted by Crippen LogP contribution is 2.35. The molecule has 1 aliphatic rings. The van der Waals surface area contributed by atoms with Gasteiger partial charge in [-0.15, -0.1) is 0 Å². The third-order valence-electron chi connectivity index (χ3n) is 3.58. The van der Waals surface area contributed by atoms with E-state index in [1.165, 1.54) is 6.42 Å². The first-order chi connectivity index (χ1) is 8.55. The molecule has 0 aromatic rings. The second-order valence-electron chi connectivity index (χ2n) is 5.94. The lowest BCUT2D eigenvalue weighted by molar-refractivity contribution is -0.0433. The summed E-state index contributed by atoms with van der Waals surface area (Å²) in [5.41, 5.74) is 6.46. The molecule has 2 N–H and O–H groups in total. The molecule has 0 radical (unpaired) electrons. The average molecular weight is 259 g/mol. The topological polar surface area (TPSA) is 53.7 Å². The van der Waals surface area contributed by atoms with Gasteiger partial charge in [-0.3, -0.25) is 0 Å². The molecule has 4 nitrogen and oxygen atoms in total. The van der Waals surface area contributed by atoms with Gasteiger partial charge in [-0.1, -0.05) is 13.8 Å². The molecule has 2 atom stereocenters. The highest BCUT2D eigenvalue weighted by atomic mass is 16.5. The van der Waals surface area contributed by atoms with E-state index in [2.05, 4.69) is 13.8 Å². The van der Waals surface area contributed by atoms with Crippen molar-refractivity contribution >= 4 is 0 Å². The van der Waals surface area contributed by atoms with Crippen molar-refractivity contribution < 1.29 is 14.2 Å². The largest absolute Gasteiger partial charge is 0.385 e. The van der Waals surface area contributed by atoms with Crippen molar-refractivity contribution in [3.63, 3.8) is 0 Å². The van der Waals surface area contributed by atoms with Crippen LogP contribution in [0.3, 0.4) is 0 Å². The van der Waals surface area contributed by atoms with Crippen molar-refractivity contribution in [1.29, 1.82) is 0 Å². The average Bonchev–Trinajstić information content (AvgIpc) is 2.32. The lowest BCUT2D eigenvalue weighted by atomic mass is 9.74. The molecule has 0 saturated heterocycles. The smallest absolute Gasteiger partial charge is 0.0732 e. The Morgan fingerprint density at radius 2 is 1.94 bits per heavy atom. The number of rotatable bonds is 8. The standard InChI is InChI=1S/C14H29NO3/c1-14(2)6-5-12(15)13(11-14)18-10-9-17-8-4-7-16-3/h12-13H,4-11,15H2,1-3H3. The van der Waals surface area contributed by atoms with E-state index in [9.17, 15) is 0 Å². The van der Waals surface area contributed by atoms with Crippen molar-refractivity contribution in [3.8, 4) is 0 Å². The fourth-order valence-corrected chi connectivity index (χ4v) is 2.39. The van der Waals surface area contributed by atoms with E-state index >= 15 is 0 Å². The molecule has 1 saturated carbocycles. The summed E-state index contributed by atoms with van der Waals surface area (Å²) in [6, 6.07) is 0.187. The van der Waals surface area contributed by atoms with E-state index in [1.807, 2.05) is 0 Å². The molecule has 0 aliphatic heterocycles. The molecule has 1 rings (SSSR count). The zero-order valence-corrected chi connectivity index (χ0v) is 12.1. The van der Waals surface area contributed by atoms with E-state index in [-0.39, 0.29) is 12.1 Å². The van der Waals surface area contributed by atoms with Crippen LogP contribution < -0.4 is 5.73 Å². The third-order valence-corrected chi connectivity index (χ3v) is 3.58. The summed E-state index contributed by atoms with van der Waals surface area (Å²) in [5.74, 6) is 0.